The fourth-order valence-electron chi connectivity index (χ4n) is 1.65. The second-order valence-corrected chi connectivity index (χ2v) is 3.94. The molecule has 1 rings (SSSR count). The minimum Gasteiger partial charge on any atom is -0.462 e. The van der Waals surface area contributed by atoms with Crippen LogP contribution in [-0.4, -0.2) is 24.6 Å². The Kier molecular flexibility index (Phi) is 3.49. The van der Waals surface area contributed by atoms with E-state index in [4.69, 9.17) is 9.47 Å². The summed E-state index contributed by atoms with van der Waals surface area (Å²) in [5.74, 6) is 0.000153. The second-order valence-electron chi connectivity index (χ2n) is 3.94. The Morgan fingerprint density at radius 1 is 1.64 bits per heavy atom. The van der Waals surface area contributed by atoms with Crippen LogP contribution in [-0.2, 0) is 19.1 Å². The maximum absolute atomic E-state index is 11.1. The van der Waals surface area contributed by atoms with E-state index < -0.39 is 0 Å². The van der Waals surface area contributed by atoms with Crippen molar-refractivity contribution in [3.63, 3.8) is 0 Å². The Hall–Kier alpha value is -1.06. The Balaban J connectivity index is 2.49. The van der Waals surface area contributed by atoms with E-state index in [1.54, 1.807) is 0 Å². The molecule has 1 fully saturated rings. The maximum Gasteiger partial charge on any atom is 0.306 e. The molecule has 4 heteroatoms. The molecule has 0 bridgehead atoms. The smallest absolute Gasteiger partial charge is 0.306 e. The predicted molar refractivity (Wildman–Crippen MR) is 49.5 cm³/mol. The van der Waals surface area contributed by atoms with Crippen LogP contribution in [0, 0.1) is 11.8 Å². The lowest BCUT2D eigenvalue weighted by molar-refractivity contribution is -0.152. The highest BCUT2D eigenvalue weighted by Crippen LogP contribution is 2.28. The van der Waals surface area contributed by atoms with Crippen LogP contribution in [0.1, 0.15) is 27.2 Å². The highest BCUT2D eigenvalue weighted by atomic mass is 16.6. The van der Waals surface area contributed by atoms with Crippen LogP contribution in [0.3, 0.4) is 0 Å². The molecular formula is C10H16O4. The first-order valence-electron chi connectivity index (χ1n) is 4.83. The zero-order valence-corrected chi connectivity index (χ0v) is 8.78. The Labute approximate surface area is 83.6 Å². The van der Waals surface area contributed by atoms with E-state index in [2.05, 4.69) is 0 Å². The molecule has 0 saturated carbocycles. The molecule has 0 amide bonds. The van der Waals surface area contributed by atoms with Crippen LogP contribution in [0.15, 0.2) is 0 Å². The second kappa shape index (κ2) is 4.44. The summed E-state index contributed by atoms with van der Waals surface area (Å²) in [4.78, 5) is 21.6. The average molecular weight is 200 g/mol. The van der Waals surface area contributed by atoms with E-state index in [-0.39, 0.29) is 30.6 Å². The van der Waals surface area contributed by atoms with E-state index >= 15 is 0 Å². The lowest BCUT2D eigenvalue weighted by Gasteiger charge is -2.19. The van der Waals surface area contributed by atoms with Crippen LogP contribution in [0.2, 0.25) is 0 Å². The number of rotatable bonds is 3. The minimum atomic E-state index is -0.338. The number of carbonyl (C=O) groups excluding carboxylic acids is 2. The van der Waals surface area contributed by atoms with Gasteiger partial charge in [0.1, 0.15) is 12.7 Å². The van der Waals surface area contributed by atoms with Crippen LogP contribution in [0.25, 0.3) is 0 Å². The zero-order chi connectivity index (χ0) is 10.7. The van der Waals surface area contributed by atoms with E-state index in [0.717, 1.165) is 0 Å². The highest BCUT2D eigenvalue weighted by Gasteiger charge is 2.37. The molecule has 1 aliphatic rings. The summed E-state index contributed by atoms with van der Waals surface area (Å²) >= 11 is 0. The van der Waals surface area contributed by atoms with Gasteiger partial charge in [-0.3, -0.25) is 9.59 Å². The molecule has 14 heavy (non-hydrogen) atoms. The van der Waals surface area contributed by atoms with Gasteiger partial charge < -0.3 is 9.47 Å². The van der Waals surface area contributed by atoms with Crippen molar-refractivity contribution in [2.24, 2.45) is 11.8 Å². The number of ether oxygens (including phenoxy) is 2. The van der Waals surface area contributed by atoms with Crippen molar-refractivity contribution in [2.45, 2.75) is 33.3 Å². The fraction of sp³-hybridized carbons (Fsp3) is 0.800. The standard InChI is InChI=1S/C10H16O4/c1-6(2)8-4-10(12)14-9(8)5-13-7(3)11/h6,8-9H,4-5H2,1-3H3/t8-,9-/m1/s1. The van der Waals surface area contributed by atoms with E-state index in [1.807, 2.05) is 13.8 Å². The summed E-state index contributed by atoms with van der Waals surface area (Å²) in [5.41, 5.74) is 0. The van der Waals surface area contributed by atoms with Crippen molar-refractivity contribution >= 4 is 11.9 Å². The molecule has 0 N–H and O–H groups in total. The van der Waals surface area contributed by atoms with Crippen LogP contribution in [0.5, 0.6) is 0 Å². The van der Waals surface area contributed by atoms with Crippen LogP contribution >= 0.6 is 0 Å². The molecule has 1 heterocycles. The van der Waals surface area contributed by atoms with Crippen molar-refractivity contribution < 1.29 is 19.1 Å². The first-order valence-corrected chi connectivity index (χ1v) is 4.83. The van der Waals surface area contributed by atoms with Gasteiger partial charge in [-0.1, -0.05) is 13.8 Å². The highest BCUT2D eigenvalue weighted by molar-refractivity contribution is 5.72. The van der Waals surface area contributed by atoms with Gasteiger partial charge in [-0.15, -0.1) is 0 Å². The molecule has 0 unspecified atom stereocenters. The van der Waals surface area contributed by atoms with Gasteiger partial charge >= 0.3 is 11.9 Å². The molecule has 0 spiro atoms. The lowest BCUT2D eigenvalue weighted by atomic mass is 9.90. The summed E-state index contributed by atoms with van der Waals surface area (Å²) < 4.78 is 9.91. The molecule has 0 aromatic rings. The topological polar surface area (TPSA) is 52.6 Å². The zero-order valence-electron chi connectivity index (χ0n) is 8.78. The van der Waals surface area contributed by atoms with Gasteiger partial charge in [-0.2, -0.15) is 0 Å². The summed E-state index contributed by atoms with van der Waals surface area (Å²) in [6.07, 6.45) is 0.176. The first-order chi connectivity index (χ1) is 6.50. The van der Waals surface area contributed by atoms with Gasteiger partial charge in [-0.25, -0.2) is 0 Å². The Bertz CT molecular complexity index is 234. The molecule has 0 aliphatic carbocycles. The molecule has 2 atom stereocenters. The van der Waals surface area contributed by atoms with Crippen molar-refractivity contribution in [3.8, 4) is 0 Å². The monoisotopic (exact) mass is 200 g/mol. The summed E-state index contributed by atoms with van der Waals surface area (Å²) in [6, 6.07) is 0. The first kappa shape index (κ1) is 11.0. The number of hydrogen-bond donors (Lipinski definition) is 0. The number of esters is 2. The van der Waals surface area contributed by atoms with E-state index in [0.29, 0.717) is 12.3 Å². The molecule has 0 aromatic carbocycles. The van der Waals surface area contributed by atoms with Gasteiger partial charge in [0.05, 0.1) is 6.42 Å². The molecule has 0 aromatic heterocycles. The normalized spacial score (nSPS) is 26.4. The van der Waals surface area contributed by atoms with Crippen molar-refractivity contribution in [1.29, 1.82) is 0 Å². The lowest BCUT2D eigenvalue weighted by Crippen LogP contribution is -2.27. The number of carbonyl (C=O) groups is 2. The Morgan fingerprint density at radius 2 is 2.29 bits per heavy atom. The minimum absolute atomic E-state index is 0.168. The van der Waals surface area contributed by atoms with Gasteiger partial charge in [-0.05, 0) is 5.92 Å². The number of cyclic esters (lactones) is 1. The average Bonchev–Trinajstić information content (AvgIpc) is 2.43. The number of hydrogen-bond acceptors (Lipinski definition) is 4. The third-order valence-electron chi connectivity index (χ3n) is 2.47. The van der Waals surface area contributed by atoms with Crippen LogP contribution < -0.4 is 0 Å². The molecule has 4 nitrogen and oxygen atoms in total. The van der Waals surface area contributed by atoms with Crippen molar-refractivity contribution in [3.05, 3.63) is 0 Å². The summed E-state index contributed by atoms with van der Waals surface area (Å²) in [5, 5.41) is 0. The molecule has 0 radical (unpaired) electrons. The van der Waals surface area contributed by atoms with Crippen molar-refractivity contribution in [1.82, 2.24) is 0 Å². The SMILES string of the molecule is CC(=O)OC[C@H]1OC(=O)C[C@@H]1C(C)C. The van der Waals surface area contributed by atoms with Gasteiger partial charge in [0.25, 0.3) is 0 Å². The van der Waals surface area contributed by atoms with E-state index in [1.165, 1.54) is 6.92 Å². The predicted octanol–water partition coefficient (Wildman–Crippen LogP) is 1.14. The maximum atomic E-state index is 11.1. The molecule has 80 valence electrons. The largest absolute Gasteiger partial charge is 0.462 e. The van der Waals surface area contributed by atoms with Gasteiger partial charge in [0.2, 0.25) is 0 Å². The Morgan fingerprint density at radius 3 is 2.79 bits per heavy atom. The molecular weight excluding hydrogens is 184 g/mol. The molecule has 1 aliphatic heterocycles. The van der Waals surface area contributed by atoms with Crippen LogP contribution in [0.4, 0.5) is 0 Å². The van der Waals surface area contributed by atoms with Gasteiger partial charge in [0.15, 0.2) is 0 Å². The van der Waals surface area contributed by atoms with E-state index in [9.17, 15) is 9.59 Å². The third-order valence-corrected chi connectivity index (χ3v) is 2.47. The quantitative estimate of drug-likeness (QED) is 0.641. The molecule has 1 saturated heterocycles. The van der Waals surface area contributed by atoms with Crippen molar-refractivity contribution in [2.75, 3.05) is 6.61 Å². The summed E-state index contributed by atoms with van der Waals surface area (Å²) in [6.45, 7) is 5.60. The summed E-state index contributed by atoms with van der Waals surface area (Å²) in [7, 11) is 0. The third kappa shape index (κ3) is 2.72. The van der Waals surface area contributed by atoms with Gasteiger partial charge in [0, 0.05) is 12.8 Å². The fourth-order valence-corrected chi connectivity index (χ4v) is 1.65.